The number of carbonyl (C=O) groups is 3. The Labute approximate surface area is 254 Å². The van der Waals surface area contributed by atoms with Gasteiger partial charge in [-0.15, -0.1) is 32.5 Å². The van der Waals surface area contributed by atoms with Crippen molar-refractivity contribution in [2.75, 3.05) is 36.7 Å². The van der Waals surface area contributed by atoms with Crippen LogP contribution >= 0.6 is 46.4 Å². The maximum atomic E-state index is 13.1. The fourth-order valence-corrected chi connectivity index (χ4v) is 8.08. The summed E-state index contributed by atoms with van der Waals surface area (Å²) in [6.45, 7) is 0.758. The van der Waals surface area contributed by atoms with Crippen molar-refractivity contribution in [3.05, 3.63) is 40.4 Å². The Hall–Kier alpha value is -3.72. The number of amides is 2. The first-order valence-corrected chi connectivity index (χ1v) is 15.8. The number of aliphatic hydroxyl groups is 1. The number of nitrogens with two attached hydrogens (primary N) is 2. The average Bonchev–Trinajstić information content (AvgIpc) is 3.69. The molecule has 3 aromatic heterocycles. The molecule has 5 rings (SSSR count). The number of aliphatic hydroxyl groups excluding tert-OH is 1. The summed E-state index contributed by atoms with van der Waals surface area (Å²) in [6.07, 6.45) is 1.81. The molecule has 7 N–H and O–H groups in total. The monoisotopic (exact) mass is 653 g/mol. The SMILES string of the molecule is CO/N=C(\C(=O)N[C@@H]1C(=O)N2C(C(=O)O)=C(CSc3nc(C[n+]4ccc(N)n4CCO)cs3)CSC12)c1nsc(N)n1. The van der Waals surface area contributed by atoms with E-state index in [1.165, 1.54) is 46.9 Å². The molecule has 0 bridgehead atoms. The van der Waals surface area contributed by atoms with Crippen molar-refractivity contribution < 1.29 is 34.1 Å². The molecule has 3 aromatic rings. The number of carboxylic acids is 1. The number of nitrogens with one attached hydrogen (secondary N) is 1. The fraction of sp³-hybridized carbons (Fsp3) is 0.364. The number of rotatable bonds is 12. The Morgan fingerprint density at radius 3 is 2.86 bits per heavy atom. The van der Waals surface area contributed by atoms with Gasteiger partial charge in [-0.1, -0.05) is 16.9 Å². The molecule has 222 valence electrons. The van der Waals surface area contributed by atoms with Crippen LogP contribution in [0.15, 0.2) is 38.4 Å². The summed E-state index contributed by atoms with van der Waals surface area (Å²) in [5, 5.41) is 27.0. The van der Waals surface area contributed by atoms with Crippen LogP contribution in [0.25, 0.3) is 0 Å². The number of anilines is 2. The van der Waals surface area contributed by atoms with Crippen molar-refractivity contribution >= 4 is 80.8 Å². The molecule has 0 aromatic carbocycles. The Kier molecular flexibility index (Phi) is 8.96. The van der Waals surface area contributed by atoms with Crippen molar-refractivity contribution in [1.29, 1.82) is 0 Å². The van der Waals surface area contributed by atoms with Gasteiger partial charge in [0.25, 0.3) is 11.8 Å². The van der Waals surface area contributed by atoms with Crippen molar-refractivity contribution in [1.82, 2.24) is 29.2 Å². The van der Waals surface area contributed by atoms with Gasteiger partial charge < -0.3 is 31.8 Å². The molecule has 1 fully saturated rings. The zero-order valence-corrected chi connectivity index (χ0v) is 25.1. The zero-order chi connectivity index (χ0) is 30.0. The Bertz CT molecular complexity index is 1580. The third kappa shape index (κ3) is 5.93. The number of oxime groups is 1. The highest BCUT2D eigenvalue weighted by atomic mass is 32.2. The first-order valence-electron chi connectivity index (χ1n) is 12.2. The van der Waals surface area contributed by atoms with Crippen LogP contribution in [-0.4, -0.2) is 94.3 Å². The van der Waals surface area contributed by atoms with E-state index in [0.29, 0.717) is 36.0 Å². The van der Waals surface area contributed by atoms with Crippen LogP contribution < -0.4 is 21.5 Å². The molecular formula is C22H25N10O6S4+. The second-order valence-corrected chi connectivity index (χ2v) is 12.7. The molecule has 0 spiro atoms. The lowest BCUT2D eigenvalue weighted by atomic mass is 10.0. The maximum Gasteiger partial charge on any atom is 0.352 e. The van der Waals surface area contributed by atoms with Gasteiger partial charge in [0.1, 0.15) is 36.5 Å². The van der Waals surface area contributed by atoms with Crippen LogP contribution in [0.5, 0.6) is 0 Å². The molecule has 0 saturated carbocycles. The number of nitrogen functional groups attached to an aromatic ring is 2. The van der Waals surface area contributed by atoms with E-state index in [4.69, 9.17) is 16.3 Å². The van der Waals surface area contributed by atoms with E-state index in [9.17, 15) is 24.6 Å². The van der Waals surface area contributed by atoms with Crippen LogP contribution in [0.1, 0.15) is 11.5 Å². The summed E-state index contributed by atoms with van der Waals surface area (Å²) in [6, 6.07) is 0.779. The lowest BCUT2D eigenvalue weighted by Gasteiger charge is -2.49. The third-order valence-electron chi connectivity index (χ3n) is 6.15. The second kappa shape index (κ2) is 12.7. The van der Waals surface area contributed by atoms with E-state index >= 15 is 0 Å². The number of aromatic nitrogens is 5. The zero-order valence-electron chi connectivity index (χ0n) is 21.9. The maximum absolute atomic E-state index is 13.1. The highest BCUT2D eigenvalue weighted by molar-refractivity contribution is 8.01. The number of thioether (sulfide) groups is 2. The van der Waals surface area contributed by atoms with Crippen LogP contribution in [-0.2, 0) is 32.3 Å². The molecule has 20 heteroatoms. The van der Waals surface area contributed by atoms with E-state index in [1.807, 2.05) is 16.3 Å². The number of nitrogens with zero attached hydrogens (tertiary/aromatic N) is 7. The largest absolute Gasteiger partial charge is 0.477 e. The highest BCUT2D eigenvalue weighted by Gasteiger charge is 2.54. The summed E-state index contributed by atoms with van der Waals surface area (Å²) in [5.41, 5.74) is 12.6. The molecule has 1 saturated heterocycles. The van der Waals surface area contributed by atoms with E-state index < -0.39 is 29.2 Å². The number of carboxylic acid groups (broad SMARTS) is 1. The molecule has 0 aliphatic carbocycles. The van der Waals surface area contributed by atoms with Gasteiger partial charge in [-0.3, -0.25) is 14.5 Å². The molecule has 5 heterocycles. The minimum atomic E-state index is -1.23. The van der Waals surface area contributed by atoms with E-state index in [1.54, 1.807) is 10.7 Å². The first kappa shape index (κ1) is 29.8. The normalized spacial score (nSPS) is 18.6. The Morgan fingerprint density at radius 1 is 1.36 bits per heavy atom. The number of β-lactam (4-membered cyclic amide) rings is 1. The van der Waals surface area contributed by atoms with Crippen molar-refractivity contribution in [3.8, 4) is 0 Å². The Morgan fingerprint density at radius 2 is 2.17 bits per heavy atom. The lowest BCUT2D eigenvalue weighted by molar-refractivity contribution is -0.767. The van der Waals surface area contributed by atoms with Gasteiger partial charge in [0.2, 0.25) is 18.1 Å². The number of hydrogen-bond acceptors (Lipinski definition) is 15. The number of thiazole rings is 1. The minimum Gasteiger partial charge on any atom is -0.477 e. The first-order chi connectivity index (χ1) is 20.2. The number of carbonyl (C=O) groups excluding carboxylic acids is 2. The number of aliphatic carboxylic acids is 1. The summed E-state index contributed by atoms with van der Waals surface area (Å²) in [7, 11) is 1.25. The molecule has 16 nitrogen and oxygen atoms in total. The average molecular weight is 654 g/mol. The standard InChI is InChI=1S/C22H24N10O6S4/c1-38-28-13(16-27-21(24)42-29-16)17(34)26-14-18(35)32-15(20(36)37)10(7-39-19(14)32)8-40-22-25-11(9-41-22)6-30-3-2-12(23)31(30)4-5-33/h2-3,9,14,19,23,33H,4-8H2,1H3,(H4,24,26,27,29,34,36,37)/p+1/b28-13-/t14-,19?/m1/s1. The van der Waals surface area contributed by atoms with Crippen LogP contribution in [0.4, 0.5) is 10.9 Å². The van der Waals surface area contributed by atoms with Gasteiger partial charge in [0.05, 0.1) is 12.7 Å². The van der Waals surface area contributed by atoms with E-state index in [-0.39, 0.29) is 29.0 Å². The summed E-state index contributed by atoms with van der Waals surface area (Å²) in [4.78, 5) is 52.7. The highest BCUT2D eigenvalue weighted by Crippen LogP contribution is 2.41. The van der Waals surface area contributed by atoms with Crippen LogP contribution in [0.3, 0.4) is 0 Å². The topological polar surface area (TPSA) is 228 Å². The number of fused-ring (bicyclic) bond motifs is 1. The number of hydrogen-bond donors (Lipinski definition) is 5. The fourth-order valence-electron chi connectivity index (χ4n) is 4.32. The quantitative estimate of drug-likeness (QED) is 0.0529. The van der Waals surface area contributed by atoms with Gasteiger partial charge >= 0.3 is 5.97 Å². The summed E-state index contributed by atoms with van der Waals surface area (Å²) < 4.78 is 8.31. The summed E-state index contributed by atoms with van der Waals surface area (Å²) in [5.74, 6) is -1.38. The van der Waals surface area contributed by atoms with E-state index in [2.05, 4.69) is 24.8 Å². The Balaban J connectivity index is 1.24. The minimum absolute atomic E-state index is 0.0469. The second-order valence-electron chi connectivity index (χ2n) is 8.78. The predicted octanol–water partition coefficient (Wildman–Crippen LogP) is -0.830. The van der Waals surface area contributed by atoms with E-state index in [0.717, 1.165) is 21.6 Å². The molecule has 42 heavy (non-hydrogen) atoms. The smallest absolute Gasteiger partial charge is 0.352 e. The molecular weight excluding hydrogens is 629 g/mol. The lowest BCUT2D eigenvalue weighted by Crippen LogP contribution is -2.71. The molecule has 2 atom stereocenters. The van der Waals surface area contributed by atoms with Gasteiger partial charge in [0, 0.05) is 28.4 Å². The van der Waals surface area contributed by atoms with Gasteiger partial charge in [-0.25, -0.2) is 9.78 Å². The molecule has 2 aliphatic rings. The third-order valence-corrected chi connectivity index (χ3v) is 10.2. The van der Waals surface area contributed by atoms with Crippen molar-refractivity contribution in [2.45, 2.75) is 28.8 Å². The molecule has 2 aliphatic heterocycles. The predicted molar refractivity (Wildman–Crippen MR) is 156 cm³/mol. The van der Waals surface area contributed by atoms with Gasteiger partial charge in [-0.05, 0) is 5.57 Å². The van der Waals surface area contributed by atoms with Crippen molar-refractivity contribution in [3.63, 3.8) is 0 Å². The molecule has 0 radical (unpaired) electrons. The van der Waals surface area contributed by atoms with Gasteiger partial charge in [-0.2, -0.15) is 9.36 Å². The van der Waals surface area contributed by atoms with Crippen molar-refractivity contribution in [2.24, 2.45) is 5.16 Å². The van der Waals surface area contributed by atoms with Crippen LogP contribution in [0, 0.1) is 0 Å². The molecule has 1 unspecified atom stereocenters. The molecule has 2 amide bonds. The van der Waals surface area contributed by atoms with Crippen LogP contribution in [0.2, 0.25) is 0 Å². The van der Waals surface area contributed by atoms with Gasteiger partial charge in [0.15, 0.2) is 21.5 Å². The summed E-state index contributed by atoms with van der Waals surface area (Å²) >= 11 is 5.03.